The van der Waals surface area contributed by atoms with Crippen molar-refractivity contribution in [3.05, 3.63) is 24.2 Å². The van der Waals surface area contributed by atoms with Gasteiger partial charge in [0.2, 0.25) is 5.60 Å². The number of methoxy groups -OCH3 is 1. The highest BCUT2D eigenvalue weighted by atomic mass is 28.5. The fourth-order valence-electron chi connectivity index (χ4n) is 6.09. The third-order valence-electron chi connectivity index (χ3n) is 8.02. The van der Waals surface area contributed by atoms with Crippen molar-refractivity contribution in [3.8, 4) is 6.07 Å². The number of nitrogens with zero attached hydrogens (tertiary/aromatic N) is 4. The lowest BCUT2D eigenvalue weighted by atomic mass is 9.92. The van der Waals surface area contributed by atoms with Crippen LogP contribution < -0.4 is 5.73 Å². The molecule has 2 aromatic rings. The molecule has 2 saturated heterocycles. The van der Waals surface area contributed by atoms with Crippen molar-refractivity contribution >= 4 is 28.5 Å². The molecule has 4 rings (SSSR count). The Bertz CT molecular complexity index is 1150. The van der Waals surface area contributed by atoms with Gasteiger partial charge >= 0.3 is 17.1 Å². The molecule has 2 fully saturated rings. The molecule has 10 nitrogen and oxygen atoms in total. The van der Waals surface area contributed by atoms with Gasteiger partial charge in [0, 0.05) is 7.11 Å². The highest BCUT2D eigenvalue weighted by Crippen LogP contribution is 2.51. The van der Waals surface area contributed by atoms with Crippen molar-refractivity contribution in [2.75, 3.05) is 19.5 Å². The van der Waals surface area contributed by atoms with Gasteiger partial charge in [0.25, 0.3) is 0 Å². The quantitative estimate of drug-likeness (QED) is 0.524. The second-order valence-corrected chi connectivity index (χ2v) is 20.2. The highest BCUT2D eigenvalue weighted by Gasteiger charge is 2.66. The van der Waals surface area contributed by atoms with Crippen molar-refractivity contribution < 1.29 is 22.4 Å². The van der Waals surface area contributed by atoms with Crippen LogP contribution >= 0.6 is 0 Å². The number of anilines is 1. The summed E-state index contributed by atoms with van der Waals surface area (Å²) in [4.78, 5) is 4.08. The number of rotatable bonds is 6. The van der Waals surface area contributed by atoms with Gasteiger partial charge in [0.1, 0.15) is 36.2 Å². The zero-order valence-corrected chi connectivity index (χ0v) is 25.4. The fraction of sp³-hybridized carbons (Fsp3) is 0.720. The smallest absolute Gasteiger partial charge is 0.335 e. The molecule has 0 spiro atoms. The summed E-state index contributed by atoms with van der Waals surface area (Å²) in [6.45, 7) is 17.6. The number of hydrogen-bond acceptors (Lipinski definition) is 9. The van der Waals surface area contributed by atoms with Crippen molar-refractivity contribution in [3.63, 3.8) is 0 Å². The van der Waals surface area contributed by atoms with Crippen LogP contribution in [-0.2, 0) is 28.0 Å². The standard InChI is InChI=1S/C25H41N5O5Si2/c1-15(2)36(16(3)4)32-12-20-22(34-37(35-36,17(5)6)18(7)8)23(31-9)25(13-26,33-20)21-11-10-19-24(27)28-14-29-30(19)21/h10-11,14-18,20,22-23H,12H2,1-9H3,(H2,27,28,29)/t20-,22-,23-,25+/m1/s1. The molecule has 0 aliphatic carbocycles. The molecule has 2 N–H and O–H groups in total. The first-order valence-corrected chi connectivity index (χ1v) is 17.1. The second kappa shape index (κ2) is 10.0. The van der Waals surface area contributed by atoms with Gasteiger partial charge in [-0.2, -0.15) is 10.4 Å². The number of hydrogen-bond donors (Lipinski definition) is 1. The number of aromatic nitrogens is 3. The van der Waals surface area contributed by atoms with Gasteiger partial charge in [0.15, 0.2) is 5.82 Å². The summed E-state index contributed by atoms with van der Waals surface area (Å²) in [5.41, 5.74) is 6.36. The Kier molecular flexibility index (Phi) is 7.64. The van der Waals surface area contributed by atoms with Crippen LogP contribution in [0.1, 0.15) is 61.1 Å². The maximum absolute atomic E-state index is 10.7. The van der Waals surface area contributed by atoms with E-state index in [0.29, 0.717) is 17.0 Å². The molecule has 0 bridgehead atoms. The van der Waals surface area contributed by atoms with Gasteiger partial charge in [-0.25, -0.2) is 9.50 Å². The zero-order chi connectivity index (χ0) is 27.3. The summed E-state index contributed by atoms with van der Waals surface area (Å²) in [6.07, 6.45) is -0.491. The van der Waals surface area contributed by atoms with E-state index in [9.17, 15) is 5.26 Å². The Morgan fingerprint density at radius 3 is 2.24 bits per heavy atom. The van der Waals surface area contributed by atoms with Gasteiger partial charge in [0.05, 0.1) is 12.3 Å². The molecule has 2 aliphatic heterocycles. The third-order valence-corrected chi connectivity index (χ3v) is 18.3. The van der Waals surface area contributed by atoms with Crippen molar-refractivity contribution in [1.82, 2.24) is 14.6 Å². The predicted octanol–water partition coefficient (Wildman–Crippen LogP) is 4.40. The molecule has 204 valence electrons. The van der Waals surface area contributed by atoms with E-state index in [0.717, 1.165) is 0 Å². The van der Waals surface area contributed by atoms with Crippen LogP contribution in [0.25, 0.3) is 5.52 Å². The molecule has 37 heavy (non-hydrogen) atoms. The average Bonchev–Trinajstić information content (AvgIpc) is 3.39. The molecule has 0 saturated carbocycles. The monoisotopic (exact) mass is 547 g/mol. The van der Waals surface area contributed by atoms with Crippen molar-refractivity contribution in [2.45, 2.75) is 101 Å². The SMILES string of the molecule is CO[C@@H]1[C@@H]2O[Si](C(C)C)(C(C)C)O[Si](C(C)C)(C(C)C)OC[C@H]2O[C@@]1(C#N)c1ccc2c(N)ncnn12. The summed E-state index contributed by atoms with van der Waals surface area (Å²) < 4.78 is 35.6. The molecule has 0 radical (unpaired) electrons. The van der Waals surface area contributed by atoms with E-state index in [2.05, 4.69) is 71.5 Å². The number of fused-ring (bicyclic) bond motifs is 2. The summed E-state index contributed by atoms with van der Waals surface area (Å²) in [5, 5.41) is 15.1. The first-order valence-electron chi connectivity index (χ1n) is 13.1. The van der Waals surface area contributed by atoms with Crippen LogP contribution in [0.5, 0.6) is 0 Å². The Balaban J connectivity index is 1.90. The average molecular weight is 548 g/mol. The van der Waals surface area contributed by atoms with Gasteiger partial charge in [-0.3, -0.25) is 0 Å². The zero-order valence-electron chi connectivity index (χ0n) is 23.4. The summed E-state index contributed by atoms with van der Waals surface area (Å²) in [6, 6.07) is 6.01. The Morgan fingerprint density at radius 1 is 1.08 bits per heavy atom. The van der Waals surface area contributed by atoms with E-state index >= 15 is 0 Å². The maximum Gasteiger partial charge on any atom is 0.335 e. The van der Waals surface area contributed by atoms with Crippen LogP contribution in [0.3, 0.4) is 0 Å². The molecule has 0 unspecified atom stereocenters. The lowest BCUT2D eigenvalue weighted by molar-refractivity contribution is -0.0733. The number of nitrogens with two attached hydrogens (primary N) is 1. The van der Waals surface area contributed by atoms with Crippen LogP contribution in [0.2, 0.25) is 22.2 Å². The number of ether oxygens (including phenoxy) is 2. The lowest BCUT2D eigenvalue weighted by Gasteiger charge is -2.51. The summed E-state index contributed by atoms with van der Waals surface area (Å²) in [5.74, 6) is 0.316. The highest BCUT2D eigenvalue weighted by molar-refractivity contribution is 6.84. The van der Waals surface area contributed by atoms with E-state index < -0.39 is 41.0 Å². The topological polar surface area (TPSA) is 126 Å². The molecule has 2 aromatic heterocycles. The Morgan fingerprint density at radius 2 is 1.70 bits per heavy atom. The minimum Gasteiger partial charge on any atom is -0.414 e. The molecule has 2 aliphatic rings. The van der Waals surface area contributed by atoms with E-state index in [1.165, 1.54) is 6.33 Å². The number of nitriles is 1. The first-order chi connectivity index (χ1) is 17.4. The van der Waals surface area contributed by atoms with Crippen LogP contribution in [0, 0.1) is 11.3 Å². The van der Waals surface area contributed by atoms with Crippen molar-refractivity contribution in [1.29, 1.82) is 5.26 Å². The normalized spacial score (nSPS) is 29.6. The van der Waals surface area contributed by atoms with Gasteiger partial charge in [-0.15, -0.1) is 0 Å². The van der Waals surface area contributed by atoms with E-state index in [1.807, 2.05) is 0 Å². The molecule has 4 atom stereocenters. The molecule has 0 aromatic carbocycles. The predicted molar refractivity (Wildman–Crippen MR) is 144 cm³/mol. The van der Waals surface area contributed by atoms with Crippen molar-refractivity contribution in [2.24, 2.45) is 0 Å². The molecular weight excluding hydrogens is 506 g/mol. The first kappa shape index (κ1) is 28.2. The largest absolute Gasteiger partial charge is 0.414 e. The van der Waals surface area contributed by atoms with Crippen LogP contribution in [0.4, 0.5) is 5.82 Å². The van der Waals surface area contributed by atoms with E-state index in [-0.39, 0.29) is 28.8 Å². The summed E-state index contributed by atoms with van der Waals surface area (Å²) >= 11 is 0. The maximum atomic E-state index is 10.7. The van der Waals surface area contributed by atoms with Gasteiger partial charge in [-0.1, -0.05) is 55.4 Å². The fourth-order valence-corrected chi connectivity index (χ4v) is 17.3. The molecule has 12 heteroatoms. The summed E-state index contributed by atoms with van der Waals surface area (Å²) in [7, 11) is -4.10. The lowest BCUT2D eigenvalue weighted by Crippen LogP contribution is -2.66. The molecular formula is C25H41N5O5Si2. The van der Waals surface area contributed by atoms with Crippen LogP contribution in [-0.4, -0.2) is 63.7 Å². The van der Waals surface area contributed by atoms with Gasteiger partial charge in [-0.05, 0) is 34.3 Å². The molecule has 0 amide bonds. The Hall–Kier alpha value is -1.86. The Labute approximate surface area is 221 Å². The van der Waals surface area contributed by atoms with E-state index in [1.54, 1.807) is 23.8 Å². The number of nitrogen functional groups attached to an aromatic ring is 1. The third kappa shape index (κ3) is 4.16. The van der Waals surface area contributed by atoms with Gasteiger partial charge < -0.3 is 28.2 Å². The second-order valence-electron chi connectivity index (χ2n) is 11.4. The van der Waals surface area contributed by atoms with Crippen LogP contribution in [0.15, 0.2) is 18.5 Å². The van der Waals surface area contributed by atoms with E-state index in [4.69, 9.17) is 28.2 Å². The minimum atomic E-state index is -2.93. The minimum absolute atomic E-state index is 0.135. The molecule has 4 heterocycles.